The van der Waals surface area contributed by atoms with Gasteiger partial charge in [0, 0.05) is 25.7 Å². The van der Waals surface area contributed by atoms with Gasteiger partial charge in [0.25, 0.3) is 0 Å². The van der Waals surface area contributed by atoms with E-state index in [0.717, 1.165) is 31.4 Å². The fraction of sp³-hybridized carbons (Fsp3) is 0.625. The zero-order valence-corrected chi connectivity index (χ0v) is 12.0. The van der Waals surface area contributed by atoms with Gasteiger partial charge in [-0.15, -0.1) is 0 Å². The molecule has 0 saturated heterocycles. The van der Waals surface area contributed by atoms with Crippen LogP contribution in [0.4, 0.5) is 0 Å². The van der Waals surface area contributed by atoms with E-state index in [-0.39, 0.29) is 0 Å². The molecule has 2 N–H and O–H groups in total. The highest BCUT2D eigenvalue weighted by atomic mass is 16.5. The predicted molar refractivity (Wildman–Crippen MR) is 79.6 cm³/mol. The van der Waals surface area contributed by atoms with Crippen LogP contribution in [-0.4, -0.2) is 26.2 Å². The van der Waals surface area contributed by atoms with Gasteiger partial charge in [-0.1, -0.05) is 31.4 Å². The maximum absolute atomic E-state index is 5.15. The maximum atomic E-state index is 5.15. The lowest BCUT2D eigenvalue weighted by atomic mass is 9.95. The fourth-order valence-electron chi connectivity index (χ4n) is 2.65. The highest BCUT2D eigenvalue weighted by Crippen LogP contribution is 2.16. The lowest BCUT2D eigenvalue weighted by Gasteiger charge is -2.22. The summed E-state index contributed by atoms with van der Waals surface area (Å²) in [7, 11) is 1.70. The van der Waals surface area contributed by atoms with E-state index in [0.29, 0.717) is 0 Å². The molecule has 1 aromatic rings. The van der Waals surface area contributed by atoms with Gasteiger partial charge >= 0.3 is 0 Å². The molecule has 2 rings (SSSR count). The second-order valence-corrected chi connectivity index (χ2v) is 5.31. The molecule has 1 saturated carbocycles. The van der Waals surface area contributed by atoms with Crippen LogP contribution in [0.1, 0.15) is 37.7 Å². The van der Waals surface area contributed by atoms with E-state index in [4.69, 9.17) is 4.74 Å². The molecule has 3 nitrogen and oxygen atoms in total. The van der Waals surface area contributed by atoms with E-state index in [9.17, 15) is 0 Å². The van der Waals surface area contributed by atoms with Crippen LogP contribution in [0.2, 0.25) is 0 Å². The Kier molecular flexibility index (Phi) is 6.18. The summed E-state index contributed by atoms with van der Waals surface area (Å²) in [6.45, 7) is 3.03. The molecule has 0 heterocycles. The second kappa shape index (κ2) is 8.18. The maximum Gasteiger partial charge on any atom is 0.118 e. The zero-order chi connectivity index (χ0) is 13.3. The molecule has 0 aromatic heterocycles. The standard InChI is InChI=1S/C16H26N2O/c1-19-16-9-7-14(8-10-16)13-17-11-12-18-15-5-3-2-4-6-15/h7-10,15,17-18H,2-6,11-13H2,1H3. The molecule has 3 heteroatoms. The van der Waals surface area contributed by atoms with Gasteiger partial charge in [-0.3, -0.25) is 0 Å². The lowest BCUT2D eigenvalue weighted by Crippen LogP contribution is -2.36. The topological polar surface area (TPSA) is 33.3 Å². The molecule has 1 aliphatic rings. The lowest BCUT2D eigenvalue weighted by molar-refractivity contribution is 0.372. The monoisotopic (exact) mass is 262 g/mol. The van der Waals surface area contributed by atoms with Gasteiger partial charge in [-0.2, -0.15) is 0 Å². The van der Waals surface area contributed by atoms with Crippen molar-refractivity contribution in [2.75, 3.05) is 20.2 Å². The number of rotatable bonds is 7. The summed E-state index contributed by atoms with van der Waals surface area (Å²) >= 11 is 0. The number of hydrogen-bond donors (Lipinski definition) is 2. The van der Waals surface area contributed by atoms with Gasteiger partial charge in [0.05, 0.1) is 7.11 Å². The van der Waals surface area contributed by atoms with Crippen molar-refractivity contribution in [1.29, 1.82) is 0 Å². The summed E-state index contributed by atoms with van der Waals surface area (Å²) in [6.07, 6.45) is 6.94. The Morgan fingerprint density at radius 3 is 2.47 bits per heavy atom. The fourth-order valence-corrected chi connectivity index (χ4v) is 2.65. The van der Waals surface area contributed by atoms with Crippen LogP contribution in [-0.2, 0) is 6.54 Å². The molecule has 1 aromatic carbocycles. The molecule has 106 valence electrons. The van der Waals surface area contributed by atoms with Gasteiger partial charge in [-0.25, -0.2) is 0 Å². The first-order valence-corrected chi connectivity index (χ1v) is 7.45. The number of nitrogens with one attached hydrogen (secondary N) is 2. The molecule has 19 heavy (non-hydrogen) atoms. The van der Waals surface area contributed by atoms with Crippen molar-refractivity contribution in [1.82, 2.24) is 10.6 Å². The van der Waals surface area contributed by atoms with Gasteiger partial charge in [0.2, 0.25) is 0 Å². The summed E-state index contributed by atoms with van der Waals surface area (Å²) in [5.41, 5.74) is 1.30. The van der Waals surface area contributed by atoms with E-state index < -0.39 is 0 Å². The smallest absolute Gasteiger partial charge is 0.118 e. The van der Waals surface area contributed by atoms with Crippen LogP contribution >= 0.6 is 0 Å². The minimum absolute atomic E-state index is 0.761. The van der Waals surface area contributed by atoms with Crippen LogP contribution in [0.25, 0.3) is 0 Å². The first kappa shape index (κ1) is 14.4. The van der Waals surface area contributed by atoms with E-state index >= 15 is 0 Å². The molecule has 0 unspecified atom stereocenters. The van der Waals surface area contributed by atoms with Crippen LogP contribution in [0.5, 0.6) is 5.75 Å². The minimum Gasteiger partial charge on any atom is -0.497 e. The van der Waals surface area contributed by atoms with Crippen molar-refractivity contribution in [3.8, 4) is 5.75 Å². The third-order valence-corrected chi connectivity index (χ3v) is 3.83. The van der Waals surface area contributed by atoms with Crippen molar-refractivity contribution in [2.45, 2.75) is 44.7 Å². The normalized spacial score (nSPS) is 16.5. The predicted octanol–water partition coefficient (Wildman–Crippen LogP) is 2.71. The van der Waals surface area contributed by atoms with Crippen LogP contribution in [0.15, 0.2) is 24.3 Å². The minimum atomic E-state index is 0.761. The zero-order valence-electron chi connectivity index (χ0n) is 12.0. The summed E-state index contributed by atoms with van der Waals surface area (Å²) in [5.74, 6) is 0.919. The van der Waals surface area contributed by atoms with E-state index in [1.807, 2.05) is 12.1 Å². The Labute approximate surface area is 116 Å². The molecule has 0 atom stereocenters. The highest BCUT2D eigenvalue weighted by molar-refractivity contribution is 5.26. The summed E-state index contributed by atoms with van der Waals surface area (Å²) in [4.78, 5) is 0. The SMILES string of the molecule is COc1ccc(CNCCNC2CCCCC2)cc1. The van der Waals surface area contributed by atoms with Gasteiger partial charge < -0.3 is 15.4 Å². The third-order valence-electron chi connectivity index (χ3n) is 3.83. The van der Waals surface area contributed by atoms with Crippen LogP contribution < -0.4 is 15.4 Å². The average Bonchev–Trinajstić information content (AvgIpc) is 2.49. The number of benzene rings is 1. The molecule has 0 amide bonds. The van der Waals surface area contributed by atoms with Crippen LogP contribution in [0, 0.1) is 0 Å². The molecular weight excluding hydrogens is 236 g/mol. The Morgan fingerprint density at radius 2 is 1.79 bits per heavy atom. The Morgan fingerprint density at radius 1 is 1.05 bits per heavy atom. The molecule has 1 fully saturated rings. The Balaban J connectivity index is 1.55. The van der Waals surface area contributed by atoms with Crippen molar-refractivity contribution in [3.63, 3.8) is 0 Å². The van der Waals surface area contributed by atoms with Crippen LogP contribution in [0.3, 0.4) is 0 Å². The average molecular weight is 262 g/mol. The van der Waals surface area contributed by atoms with Crippen molar-refractivity contribution in [2.24, 2.45) is 0 Å². The number of hydrogen-bond acceptors (Lipinski definition) is 3. The van der Waals surface area contributed by atoms with Gasteiger partial charge in [0.1, 0.15) is 5.75 Å². The number of methoxy groups -OCH3 is 1. The second-order valence-electron chi connectivity index (χ2n) is 5.31. The first-order chi connectivity index (χ1) is 9.38. The summed E-state index contributed by atoms with van der Waals surface area (Å²) < 4.78 is 5.15. The summed E-state index contributed by atoms with van der Waals surface area (Å²) in [6, 6.07) is 9.01. The van der Waals surface area contributed by atoms with Gasteiger partial charge in [-0.05, 0) is 30.5 Å². The largest absolute Gasteiger partial charge is 0.497 e. The molecule has 0 radical (unpaired) electrons. The number of ether oxygens (including phenoxy) is 1. The van der Waals surface area contributed by atoms with E-state index in [1.54, 1.807) is 7.11 Å². The molecule has 0 bridgehead atoms. The molecule has 0 spiro atoms. The Hall–Kier alpha value is -1.06. The van der Waals surface area contributed by atoms with E-state index in [1.165, 1.54) is 37.7 Å². The highest BCUT2D eigenvalue weighted by Gasteiger charge is 2.11. The molecule has 0 aliphatic heterocycles. The molecule has 1 aliphatic carbocycles. The van der Waals surface area contributed by atoms with Crippen molar-refractivity contribution >= 4 is 0 Å². The van der Waals surface area contributed by atoms with Gasteiger partial charge in [0.15, 0.2) is 0 Å². The summed E-state index contributed by atoms with van der Waals surface area (Å²) in [5, 5.41) is 7.12. The quantitative estimate of drug-likeness (QED) is 0.741. The Bertz CT molecular complexity index is 344. The van der Waals surface area contributed by atoms with Crippen molar-refractivity contribution in [3.05, 3.63) is 29.8 Å². The molecular formula is C16H26N2O. The first-order valence-electron chi connectivity index (χ1n) is 7.45. The third kappa shape index (κ3) is 5.21. The van der Waals surface area contributed by atoms with E-state index in [2.05, 4.69) is 22.8 Å². The van der Waals surface area contributed by atoms with Crippen molar-refractivity contribution < 1.29 is 4.74 Å².